The Bertz CT molecular complexity index is 703. The van der Waals surface area contributed by atoms with Crippen LogP contribution in [0.5, 0.6) is 0 Å². The fraction of sp³-hybridized carbons (Fsp3) is 0.111. The molecule has 0 fully saturated rings. The number of aromatic nitrogens is 3. The summed E-state index contributed by atoms with van der Waals surface area (Å²) in [4.78, 5) is 0. The standard InChI is InChI=1S/C9H6Cl2N6S/c10-5-1-6(11)9(8-7(5)14-18-15-8)17-4(2-12)3-13-16-17/h1,3H,2,12H2. The Kier molecular flexibility index (Phi) is 2.90. The molecule has 0 saturated heterocycles. The van der Waals surface area contributed by atoms with Gasteiger partial charge in [0.15, 0.2) is 0 Å². The summed E-state index contributed by atoms with van der Waals surface area (Å²) in [7, 11) is 0. The van der Waals surface area contributed by atoms with Crippen molar-refractivity contribution in [3.05, 3.63) is 28.0 Å². The summed E-state index contributed by atoms with van der Waals surface area (Å²) >= 11 is 13.3. The number of fused-ring (bicyclic) bond motifs is 1. The smallest absolute Gasteiger partial charge is 0.133 e. The highest BCUT2D eigenvalue weighted by atomic mass is 35.5. The minimum atomic E-state index is 0.297. The molecule has 9 heteroatoms. The van der Waals surface area contributed by atoms with Crippen LogP contribution in [0, 0.1) is 0 Å². The third kappa shape index (κ3) is 1.67. The fourth-order valence-corrected chi connectivity index (χ4v) is 2.83. The fourth-order valence-electron chi connectivity index (χ4n) is 1.65. The zero-order valence-electron chi connectivity index (χ0n) is 8.84. The third-order valence-electron chi connectivity index (χ3n) is 2.46. The van der Waals surface area contributed by atoms with Crippen LogP contribution in [-0.2, 0) is 17.9 Å². The number of nitrogens with two attached hydrogens (primary N) is 1. The molecule has 92 valence electrons. The van der Waals surface area contributed by atoms with Gasteiger partial charge in [-0.05, 0) is 6.07 Å². The summed E-state index contributed by atoms with van der Waals surface area (Å²) in [6.07, 6.45) is 1.58. The lowest BCUT2D eigenvalue weighted by atomic mass is 10.2. The number of rotatable bonds is 2. The van der Waals surface area contributed by atoms with Crippen molar-refractivity contribution in [1.29, 1.82) is 0 Å². The molecule has 0 radical (unpaired) electrons. The largest absolute Gasteiger partial charge is 0.325 e. The predicted octanol–water partition coefficient (Wildman–Crippen LogP) is 2.76. The molecular formula is C9H6Cl2N6S. The van der Waals surface area contributed by atoms with Gasteiger partial charge in [0.25, 0.3) is 0 Å². The molecule has 18 heavy (non-hydrogen) atoms. The van der Waals surface area contributed by atoms with E-state index in [1.807, 2.05) is 0 Å². The lowest BCUT2D eigenvalue weighted by molar-refractivity contribution is 0.762. The van der Waals surface area contributed by atoms with Crippen molar-refractivity contribution >= 4 is 45.9 Å². The molecule has 2 N–H and O–H groups in total. The minimum Gasteiger partial charge on any atom is -0.325 e. The molecule has 6 nitrogen and oxygen atoms in total. The van der Waals surface area contributed by atoms with E-state index in [1.165, 1.54) is 0 Å². The van der Waals surface area contributed by atoms with E-state index in [0.717, 1.165) is 17.0 Å². The van der Waals surface area contributed by atoms with Crippen LogP contribution >= 0.6 is 23.2 Å². The van der Waals surface area contributed by atoms with Crippen molar-refractivity contribution in [3.63, 3.8) is 0 Å². The lowest BCUT2D eigenvalue weighted by Crippen LogP contribution is -2.07. The van der Waals surface area contributed by atoms with Crippen molar-refractivity contribution < 1.29 is 0 Å². The molecule has 0 bridgehead atoms. The molecule has 0 amide bonds. The van der Waals surface area contributed by atoms with Gasteiger partial charge >= 0.3 is 0 Å². The second-order valence-corrected chi connectivity index (χ2v) is 4.83. The highest BCUT2D eigenvalue weighted by molar-refractivity contribution is 7.58. The molecule has 3 rings (SSSR count). The first-order valence-electron chi connectivity index (χ1n) is 4.92. The first kappa shape index (κ1) is 11.8. The zero-order valence-corrected chi connectivity index (χ0v) is 11.2. The van der Waals surface area contributed by atoms with Gasteiger partial charge in [0.1, 0.15) is 17.1 Å². The minimum absolute atomic E-state index is 0.297. The van der Waals surface area contributed by atoms with E-state index < -0.39 is 0 Å². The maximum atomic E-state index is 6.21. The Morgan fingerprint density at radius 2 is 2.00 bits per heavy atom. The second-order valence-electron chi connectivity index (χ2n) is 3.49. The Balaban J connectivity index is 2.32. The molecule has 1 aliphatic heterocycles. The van der Waals surface area contributed by atoms with Crippen LogP contribution in [0.1, 0.15) is 5.69 Å². The van der Waals surface area contributed by atoms with Crippen LogP contribution in [0.2, 0.25) is 10.0 Å². The van der Waals surface area contributed by atoms with Gasteiger partial charge in [0, 0.05) is 6.54 Å². The van der Waals surface area contributed by atoms with Gasteiger partial charge in [0.05, 0.1) is 33.3 Å². The predicted molar refractivity (Wildman–Crippen MR) is 70.8 cm³/mol. The molecule has 0 unspecified atom stereocenters. The van der Waals surface area contributed by atoms with E-state index >= 15 is 0 Å². The van der Waals surface area contributed by atoms with Gasteiger partial charge in [-0.3, -0.25) is 0 Å². The Morgan fingerprint density at radius 1 is 1.22 bits per heavy atom. The van der Waals surface area contributed by atoms with Crippen LogP contribution in [0.15, 0.2) is 21.0 Å². The van der Waals surface area contributed by atoms with Crippen LogP contribution < -0.4 is 5.73 Å². The number of halogens is 2. The lowest BCUT2D eigenvalue weighted by Gasteiger charge is -2.10. The Hall–Kier alpha value is -1.28. The van der Waals surface area contributed by atoms with Gasteiger partial charge < -0.3 is 5.73 Å². The number of hydrogen-bond donors (Lipinski definition) is 1. The Labute approximate surface area is 116 Å². The molecule has 0 atom stereocenters. The maximum Gasteiger partial charge on any atom is 0.133 e. The highest BCUT2D eigenvalue weighted by Gasteiger charge is 2.22. The molecular weight excluding hydrogens is 295 g/mol. The van der Waals surface area contributed by atoms with Gasteiger partial charge in [-0.2, -0.15) is 8.73 Å². The summed E-state index contributed by atoms with van der Waals surface area (Å²) in [5.74, 6) is 0. The molecule has 1 aromatic carbocycles. The molecule has 0 spiro atoms. The van der Waals surface area contributed by atoms with Gasteiger partial charge in [0.2, 0.25) is 0 Å². The normalized spacial score (nSPS) is 12.6. The first-order chi connectivity index (χ1) is 8.72. The summed E-state index contributed by atoms with van der Waals surface area (Å²) in [6, 6.07) is 1.62. The quantitative estimate of drug-likeness (QED) is 0.790. The van der Waals surface area contributed by atoms with Crippen molar-refractivity contribution in [3.8, 4) is 5.69 Å². The van der Waals surface area contributed by atoms with E-state index in [0.29, 0.717) is 33.7 Å². The Morgan fingerprint density at radius 3 is 2.78 bits per heavy atom. The average molecular weight is 301 g/mol. The summed E-state index contributed by atoms with van der Waals surface area (Å²) < 4.78 is 9.89. The number of hydrogen-bond acceptors (Lipinski definition) is 5. The zero-order chi connectivity index (χ0) is 12.7. The molecule has 1 aliphatic rings. The van der Waals surface area contributed by atoms with E-state index in [9.17, 15) is 0 Å². The van der Waals surface area contributed by atoms with E-state index in [1.54, 1.807) is 16.9 Å². The van der Waals surface area contributed by atoms with Crippen LogP contribution in [-0.4, -0.2) is 15.0 Å². The van der Waals surface area contributed by atoms with E-state index in [2.05, 4.69) is 19.0 Å². The number of nitrogens with zero attached hydrogens (tertiary/aromatic N) is 5. The molecule has 0 aliphatic carbocycles. The van der Waals surface area contributed by atoms with Crippen molar-refractivity contribution in [2.75, 3.05) is 0 Å². The topological polar surface area (TPSA) is 81.5 Å². The molecule has 0 saturated carbocycles. The summed E-state index contributed by atoms with van der Waals surface area (Å²) in [5.41, 5.74) is 8.15. The van der Waals surface area contributed by atoms with Crippen molar-refractivity contribution in [2.24, 2.45) is 14.5 Å². The number of benzene rings is 1. The van der Waals surface area contributed by atoms with Gasteiger partial charge in [-0.15, -0.1) is 5.10 Å². The van der Waals surface area contributed by atoms with E-state index in [-0.39, 0.29) is 0 Å². The second kappa shape index (κ2) is 4.43. The SMILES string of the molecule is NCc1cnnn1-c1c(Cl)cc(Cl)c2c1N=S=N2. The molecule has 2 aromatic rings. The molecule has 1 aromatic heterocycles. The van der Waals surface area contributed by atoms with Crippen LogP contribution in [0.3, 0.4) is 0 Å². The molecule has 2 heterocycles. The van der Waals surface area contributed by atoms with Crippen molar-refractivity contribution in [1.82, 2.24) is 15.0 Å². The van der Waals surface area contributed by atoms with Gasteiger partial charge in [-0.1, -0.05) is 28.4 Å². The van der Waals surface area contributed by atoms with Gasteiger partial charge in [-0.25, -0.2) is 4.68 Å². The van der Waals surface area contributed by atoms with Crippen LogP contribution in [0.4, 0.5) is 11.4 Å². The summed E-state index contributed by atoms with van der Waals surface area (Å²) in [5, 5.41) is 8.69. The van der Waals surface area contributed by atoms with Crippen molar-refractivity contribution in [2.45, 2.75) is 6.54 Å². The summed E-state index contributed by atoms with van der Waals surface area (Å²) in [6.45, 7) is 0.297. The monoisotopic (exact) mass is 300 g/mol. The third-order valence-corrected chi connectivity index (χ3v) is 3.56. The van der Waals surface area contributed by atoms with E-state index in [4.69, 9.17) is 28.9 Å². The van der Waals surface area contributed by atoms with Crippen LogP contribution in [0.25, 0.3) is 5.69 Å². The average Bonchev–Trinajstić information content (AvgIpc) is 2.97. The maximum absolute atomic E-state index is 6.21. The first-order valence-corrected chi connectivity index (χ1v) is 6.41. The highest BCUT2D eigenvalue weighted by Crippen LogP contribution is 2.46.